The summed E-state index contributed by atoms with van der Waals surface area (Å²) < 4.78 is 39.7. The molecule has 2 aromatic heterocycles. The maximum Gasteiger partial charge on any atom is 0.327 e. The molecular formula is C25H22F2N4O3. The van der Waals surface area contributed by atoms with Gasteiger partial charge in [0.05, 0.1) is 13.3 Å². The van der Waals surface area contributed by atoms with E-state index in [0.29, 0.717) is 28.0 Å². The minimum Gasteiger partial charge on any atom is -0.482 e. The molecule has 0 bridgehead atoms. The smallest absolute Gasteiger partial charge is 0.327 e. The number of benzene rings is 2. The van der Waals surface area contributed by atoms with Crippen molar-refractivity contribution in [2.45, 2.75) is 19.6 Å². The Bertz CT molecular complexity index is 1320. The summed E-state index contributed by atoms with van der Waals surface area (Å²) in [6, 6.07) is 12.0. The number of nitrogens with two attached hydrogens (primary N) is 1. The fourth-order valence-corrected chi connectivity index (χ4v) is 3.52. The Morgan fingerprint density at radius 2 is 1.76 bits per heavy atom. The normalized spacial score (nSPS) is 11.8. The lowest BCUT2D eigenvalue weighted by atomic mass is 9.96. The molecule has 9 heteroatoms. The highest BCUT2D eigenvalue weighted by molar-refractivity contribution is 5.70. The van der Waals surface area contributed by atoms with Crippen molar-refractivity contribution in [2.75, 3.05) is 12.8 Å². The van der Waals surface area contributed by atoms with Crippen molar-refractivity contribution in [2.24, 2.45) is 0 Å². The van der Waals surface area contributed by atoms with E-state index in [2.05, 4.69) is 14.8 Å². The molecule has 0 aliphatic rings. The summed E-state index contributed by atoms with van der Waals surface area (Å²) in [4.78, 5) is 15.7. The maximum absolute atomic E-state index is 14.1. The van der Waals surface area contributed by atoms with Crippen LogP contribution in [0.4, 0.5) is 14.6 Å². The Morgan fingerprint density at radius 1 is 1.03 bits per heavy atom. The molecule has 0 spiro atoms. The van der Waals surface area contributed by atoms with E-state index < -0.39 is 17.9 Å². The predicted octanol–water partition coefficient (Wildman–Crippen LogP) is 4.79. The zero-order valence-electron chi connectivity index (χ0n) is 18.5. The Morgan fingerprint density at radius 3 is 2.50 bits per heavy atom. The van der Waals surface area contributed by atoms with Gasteiger partial charge in [0, 0.05) is 29.1 Å². The van der Waals surface area contributed by atoms with Gasteiger partial charge in [0.2, 0.25) is 0 Å². The highest BCUT2D eigenvalue weighted by Gasteiger charge is 2.18. The summed E-state index contributed by atoms with van der Waals surface area (Å²) >= 11 is 0. The van der Waals surface area contributed by atoms with Gasteiger partial charge in [-0.1, -0.05) is 18.2 Å². The molecule has 0 radical (unpaired) electrons. The van der Waals surface area contributed by atoms with E-state index in [1.165, 1.54) is 36.1 Å². The van der Waals surface area contributed by atoms with E-state index in [4.69, 9.17) is 10.5 Å². The molecule has 0 aliphatic carbocycles. The third-order valence-corrected chi connectivity index (χ3v) is 5.28. The first-order chi connectivity index (χ1) is 16.3. The van der Waals surface area contributed by atoms with Crippen LogP contribution in [0.25, 0.3) is 22.3 Å². The molecule has 2 heterocycles. The van der Waals surface area contributed by atoms with Crippen LogP contribution in [0.1, 0.15) is 18.6 Å². The third kappa shape index (κ3) is 5.03. The molecule has 0 saturated heterocycles. The van der Waals surface area contributed by atoms with Crippen molar-refractivity contribution in [3.63, 3.8) is 0 Å². The molecule has 4 rings (SSSR count). The lowest BCUT2D eigenvalue weighted by Gasteiger charge is -2.20. The van der Waals surface area contributed by atoms with Crippen LogP contribution in [0.15, 0.2) is 67.1 Å². The average molecular weight is 464 g/mol. The summed E-state index contributed by atoms with van der Waals surface area (Å²) in [6.45, 7) is 1.74. The third-order valence-electron chi connectivity index (χ3n) is 5.28. The Hall–Kier alpha value is -4.27. The number of pyridine rings is 1. The molecule has 1 atom stereocenters. The Labute approximate surface area is 194 Å². The molecule has 4 aromatic rings. The fraction of sp³-hybridized carbons (Fsp3) is 0.160. The van der Waals surface area contributed by atoms with Crippen LogP contribution in [0.3, 0.4) is 0 Å². The molecule has 0 unspecified atom stereocenters. The predicted molar refractivity (Wildman–Crippen MR) is 123 cm³/mol. The van der Waals surface area contributed by atoms with Gasteiger partial charge in [-0.25, -0.2) is 13.8 Å². The maximum atomic E-state index is 14.1. The minimum atomic E-state index is -0.600. The molecular weight excluding hydrogens is 442 g/mol. The van der Waals surface area contributed by atoms with Crippen molar-refractivity contribution in [1.29, 1.82) is 0 Å². The highest BCUT2D eigenvalue weighted by Crippen LogP contribution is 2.34. The lowest BCUT2D eigenvalue weighted by molar-refractivity contribution is -0.141. The van der Waals surface area contributed by atoms with E-state index in [1.807, 2.05) is 0 Å². The standard InChI is InChI=1S/C25H22F2N4O3/c1-15(22-10-20(27)7-8-21(22)16-3-5-19(26)6-4-16)34-23-9-17(11-29-25(23)28)18-12-30-31(13-18)14-24(32)33-2/h3-13,15H,14H2,1-2H3,(H2,28,29)/t15-/m1/s1. The number of anilines is 1. The molecule has 2 N–H and O–H groups in total. The summed E-state index contributed by atoms with van der Waals surface area (Å²) in [5, 5.41) is 4.15. The van der Waals surface area contributed by atoms with Crippen LogP contribution in [0.2, 0.25) is 0 Å². The van der Waals surface area contributed by atoms with Crippen LogP contribution in [0.5, 0.6) is 5.75 Å². The summed E-state index contributed by atoms with van der Waals surface area (Å²) in [7, 11) is 1.31. The van der Waals surface area contributed by atoms with Crippen molar-refractivity contribution in [1.82, 2.24) is 14.8 Å². The lowest BCUT2D eigenvalue weighted by Crippen LogP contribution is -2.11. The first kappa shape index (κ1) is 22.9. The van der Waals surface area contributed by atoms with Crippen molar-refractivity contribution < 1.29 is 23.0 Å². The van der Waals surface area contributed by atoms with E-state index in [1.54, 1.807) is 49.8 Å². The van der Waals surface area contributed by atoms with Crippen LogP contribution >= 0.6 is 0 Å². The van der Waals surface area contributed by atoms with E-state index in [0.717, 1.165) is 5.56 Å². The minimum absolute atomic E-state index is 0.0228. The fourth-order valence-electron chi connectivity index (χ4n) is 3.52. The molecule has 2 aromatic carbocycles. The topological polar surface area (TPSA) is 92.3 Å². The van der Waals surface area contributed by atoms with Gasteiger partial charge in [0.1, 0.15) is 24.3 Å². The van der Waals surface area contributed by atoms with Crippen LogP contribution < -0.4 is 10.5 Å². The second-order valence-corrected chi connectivity index (χ2v) is 7.61. The van der Waals surface area contributed by atoms with Gasteiger partial charge >= 0.3 is 5.97 Å². The molecule has 7 nitrogen and oxygen atoms in total. The zero-order valence-corrected chi connectivity index (χ0v) is 18.5. The zero-order chi connectivity index (χ0) is 24.2. The number of nitrogens with zero attached hydrogens (tertiary/aromatic N) is 3. The molecule has 0 aliphatic heterocycles. The number of methoxy groups -OCH3 is 1. The molecule has 0 amide bonds. The van der Waals surface area contributed by atoms with Crippen molar-refractivity contribution in [3.05, 3.63) is 84.3 Å². The van der Waals surface area contributed by atoms with Crippen LogP contribution in [-0.4, -0.2) is 27.8 Å². The average Bonchev–Trinajstić information content (AvgIpc) is 3.29. The van der Waals surface area contributed by atoms with Gasteiger partial charge in [-0.15, -0.1) is 0 Å². The van der Waals surface area contributed by atoms with Crippen molar-refractivity contribution >= 4 is 11.8 Å². The largest absolute Gasteiger partial charge is 0.482 e. The monoisotopic (exact) mass is 464 g/mol. The van der Waals surface area contributed by atoms with Gasteiger partial charge in [-0.3, -0.25) is 9.48 Å². The number of nitrogen functional groups attached to an aromatic ring is 1. The number of esters is 1. The van der Waals surface area contributed by atoms with Crippen LogP contribution in [-0.2, 0) is 16.1 Å². The second kappa shape index (κ2) is 9.70. The van der Waals surface area contributed by atoms with Gasteiger partial charge < -0.3 is 15.2 Å². The number of rotatable bonds is 7. The number of halogens is 2. The first-order valence-electron chi connectivity index (χ1n) is 10.4. The second-order valence-electron chi connectivity index (χ2n) is 7.61. The number of hydrogen-bond acceptors (Lipinski definition) is 6. The number of carbonyl (C=O) groups excluding carboxylic acids is 1. The van der Waals surface area contributed by atoms with Gasteiger partial charge in [0.15, 0.2) is 11.6 Å². The quantitative estimate of drug-likeness (QED) is 0.396. The molecule has 0 fully saturated rings. The summed E-state index contributed by atoms with van der Waals surface area (Å²) in [5.41, 5.74) is 9.42. The molecule has 0 saturated carbocycles. The van der Waals surface area contributed by atoms with E-state index in [-0.39, 0.29) is 18.2 Å². The Kier molecular flexibility index (Phi) is 6.53. The Balaban J connectivity index is 1.62. The number of aromatic nitrogens is 3. The number of carbonyl (C=O) groups is 1. The first-order valence-corrected chi connectivity index (χ1v) is 10.4. The highest BCUT2D eigenvalue weighted by atomic mass is 19.1. The van der Waals surface area contributed by atoms with Crippen molar-refractivity contribution in [3.8, 4) is 28.0 Å². The van der Waals surface area contributed by atoms with Gasteiger partial charge in [0.25, 0.3) is 0 Å². The molecule has 34 heavy (non-hydrogen) atoms. The van der Waals surface area contributed by atoms with Crippen LogP contribution in [0, 0.1) is 11.6 Å². The summed E-state index contributed by atoms with van der Waals surface area (Å²) in [5.74, 6) is -0.733. The number of ether oxygens (including phenoxy) is 2. The van der Waals surface area contributed by atoms with Gasteiger partial charge in [-0.05, 0) is 48.4 Å². The molecule has 174 valence electrons. The van der Waals surface area contributed by atoms with E-state index in [9.17, 15) is 13.6 Å². The van der Waals surface area contributed by atoms with Gasteiger partial charge in [-0.2, -0.15) is 5.10 Å². The number of hydrogen-bond donors (Lipinski definition) is 1. The van der Waals surface area contributed by atoms with E-state index >= 15 is 0 Å². The SMILES string of the molecule is COC(=O)Cn1cc(-c2cnc(N)c(O[C@H](C)c3cc(F)ccc3-c3ccc(F)cc3)c2)cn1. The summed E-state index contributed by atoms with van der Waals surface area (Å²) in [6.07, 6.45) is 4.23.